The third kappa shape index (κ3) is 1.53. The van der Waals surface area contributed by atoms with Crippen LogP contribution in [-0.2, 0) is 0 Å². The minimum atomic E-state index is 0.565. The van der Waals surface area contributed by atoms with E-state index in [4.69, 9.17) is 0 Å². The molecule has 2 heterocycles. The van der Waals surface area contributed by atoms with Gasteiger partial charge in [0, 0.05) is 22.1 Å². The van der Waals surface area contributed by atoms with Gasteiger partial charge in [0.25, 0.3) is 0 Å². The zero-order chi connectivity index (χ0) is 8.55. The maximum atomic E-state index is 3.50. The molecule has 1 fully saturated rings. The molecule has 1 unspecified atom stereocenters. The first-order valence-corrected chi connectivity index (χ1v) is 6.06. The van der Waals surface area contributed by atoms with Crippen LogP contribution in [0, 0.1) is 13.8 Å². The molecule has 66 valence electrons. The molecule has 3 heteroatoms. The number of thioether (sulfide) groups is 1. The van der Waals surface area contributed by atoms with Gasteiger partial charge in [-0.05, 0) is 25.5 Å². The number of rotatable bonds is 1. The Morgan fingerprint density at radius 2 is 2.33 bits per heavy atom. The quantitative estimate of drug-likeness (QED) is 0.746. The third-order valence-electron chi connectivity index (χ3n) is 2.08. The van der Waals surface area contributed by atoms with E-state index in [1.807, 2.05) is 23.1 Å². The van der Waals surface area contributed by atoms with Crippen molar-refractivity contribution in [3.63, 3.8) is 0 Å². The standard InChI is InChI=1S/C9H13NS2/c1-6-5-8(7(2)12-6)9-10-3-4-11-9/h5,9-10H,3-4H2,1-2H3. The fraction of sp³-hybridized carbons (Fsp3) is 0.556. The predicted molar refractivity (Wildman–Crippen MR) is 57.0 cm³/mol. The highest BCUT2D eigenvalue weighted by Gasteiger charge is 2.19. The fourth-order valence-corrected chi connectivity index (χ4v) is 3.71. The van der Waals surface area contributed by atoms with E-state index in [-0.39, 0.29) is 0 Å². The average Bonchev–Trinajstić information content (AvgIpc) is 2.58. The lowest BCUT2D eigenvalue weighted by molar-refractivity contribution is 0.750. The highest BCUT2D eigenvalue weighted by Crippen LogP contribution is 2.35. The van der Waals surface area contributed by atoms with Crippen molar-refractivity contribution in [1.82, 2.24) is 5.32 Å². The van der Waals surface area contributed by atoms with Gasteiger partial charge in [0.2, 0.25) is 0 Å². The summed E-state index contributed by atoms with van der Waals surface area (Å²) in [6, 6.07) is 2.32. The van der Waals surface area contributed by atoms with E-state index >= 15 is 0 Å². The molecule has 1 nitrogen and oxygen atoms in total. The summed E-state index contributed by atoms with van der Waals surface area (Å²) in [6.45, 7) is 5.55. The smallest absolute Gasteiger partial charge is 0.0800 e. The largest absolute Gasteiger partial charge is 0.301 e. The second kappa shape index (κ2) is 3.40. The summed E-state index contributed by atoms with van der Waals surface area (Å²) in [5.41, 5.74) is 1.50. The van der Waals surface area contributed by atoms with Gasteiger partial charge in [-0.15, -0.1) is 23.1 Å². The van der Waals surface area contributed by atoms with Gasteiger partial charge >= 0.3 is 0 Å². The molecular weight excluding hydrogens is 186 g/mol. The number of hydrogen-bond acceptors (Lipinski definition) is 3. The van der Waals surface area contributed by atoms with Crippen molar-refractivity contribution >= 4 is 23.1 Å². The molecule has 0 aromatic carbocycles. The van der Waals surface area contributed by atoms with Gasteiger partial charge in [-0.25, -0.2) is 0 Å². The molecule has 0 amide bonds. The molecular formula is C9H13NS2. The van der Waals surface area contributed by atoms with Crippen molar-refractivity contribution in [3.05, 3.63) is 21.4 Å². The Bertz CT molecular complexity index is 274. The van der Waals surface area contributed by atoms with Crippen LogP contribution >= 0.6 is 23.1 Å². The van der Waals surface area contributed by atoms with Crippen LogP contribution in [0.3, 0.4) is 0 Å². The maximum Gasteiger partial charge on any atom is 0.0800 e. The Morgan fingerprint density at radius 3 is 2.83 bits per heavy atom. The van der Waals surface area contributed by atoms with E-state index < -0.39 is 0 Å². The third-order valence-corrected chi connectivity index (χ3v) is 4.25. The summed E-state index contributed by atoms with van der Waals surface area (Å²) in [7, 11) is 0. The van der Waals surface area contributed by atoms with Crippen molar-refractivity contribution < 1.29 is 0 Å². The van der Waals surface area contributed by atoms with Crippen molar-refractivity contribution in [3.8, 4) is 0 Å². The van der Waals surface area contributed by atoms with Crippen LogP contribution in [0.2, 0.25) is 0 Å². The van der Waals surface area contributed by atoms with Gasteiger partial charge in [-0.3, -0.25) is 0 Å². The van der Waals surface area contributed by atoms with Crippen LogP contribution in [-0.4, -0.2) is 12.3 Å². The van der Waals surface area contributed by atoms with Gasteiger partial charge in [-0.1, -0.05) is 0 Å². The molecule has 1 aromatic rings. The molecule has 0 bridgehead atoms. The van der Waals surface area contributed by atoms with Gasteiger partial charge in [0.05, 0.1) is 5.37 Å². The zero-order valence-electron chi connectivity index (χ0n) is 7.39. The van der Waals surface area contributed by atoms with E-state index in [1.54, 1.807) is 0 Å². The Balaban J connectivity index is 2.25. The summed E-state index contributed by atoms with van der Waals surface area (Å²) in [5.74, 6) is 1.25. The van der Waals surface area contributed by atoms with Gasteiger partial charge in [0.1, 0.15) is 0 Å². The first kappa shape index (κ1) is 8.60. The normalized spacial score (nSPS) is 23.3. The molecule has 1 atom stereocenters. The lowest BCUT2D eigenvalue weighted by Crippen LogP contribution is -2.11. The van der Waals surface area contributed by atoms with Crippen molar-refractivity contribution in [1.29, 1.82) is 0 Å². The molecule has 0 saturated carbocycles. The topological polar surface area (TPSA) is 12.0 Å². The van der Waals surface area contributed by atoms with E-state index in [0.29, 0.717) is 5.37 Å². The SMILES string of the molecule is Cc1cc(C2NCCS2)c(C)s1. The van der Waals surface area contributed by atoms with Crippen LogP contribution in [0.15, 0.2) is 6.07 Å². The Morgan fingerprint density at radius 1 is 1.50 bits per heavy atom. The molecule has 0 spiro atoms. The molecule has 1 aliphatic heterocycles. The summed E-state index contributed by atoms with van der Waals surface area (Å²) in [6.07, 6.45) is 0. The Labute approximate surface area is 81.6 Å². The van der Waals surface area contributed by atoms with Crippen molar-refractivity contribution in [2.75, 3.05) is 12.3 Å². The second-order valence-electron chi connectivity index (χ2n) is 3.07. The molecule has 1 N–H and O–H groups in total. The molecule has 2 rings (SSSR count). The minimum absolute atomic E-state index is 0.565. The summed E-state index contributed by atoms with van der Waals surface area (Å²) in [4.78, 5) is 2.90. The number of aryl methyl sites for hydroxylation is 2. The van der Waals surface area contributed by atoms with E-state index in [9.17, 15) is 0 Å². The fourth-order valence-electron chi connectivity index (χ4n) is 1.54. The molecule has 12 heavy (non-hydrogen) atoms. The monoisotopic (exact) mass is 199 g/mol. The van der Waals surface area contributed by atoms with Gasteiger partial charge in [-0.2, -0.15) is 0 Å². The van der Waals surface area contributed by atoms with Crippen LogP contribution in [0.4, 0.5) is 0 Å². The van der Waals surface area contributed by atoms with Gasteiger partial charge < -0.3 is 5.32 Å². The molecule has 1 aromatic heterocycles. The summed E-state index contributed by atoms with van der Waals surface area (Å²) < 4.78 is 0. The molecule has 1 aliphatic rings. The summed E-state index contributed by atoms with van der Waals surface area (Å²) >= 11 is 3.92. The van der Waals surface area contributed by atoms with Crippen LogP contribution in [0.5, 0.6) is 0 Å². The first-order valence-electron chi connectivity index (χ1n) is 4.19. The highest BCUT2D eigenvalue weighted by atomic mass is 32.2. The Hall–Kier alpha value is 0.01000. The first-order chi connectivity index (χ1) is 5.77. The lowest BCUT2D eigenvalue weighted by Gasteiger charge is -2.07. The van der Waals surface area contributed by atoms with Crippen LogP contribution in [0.1, 0.15) is 20.7 Å². The average molecular weight is 199 g/mol. The number of nitrogens with one attached hydrogen (secondary N) is 1. The molecule has 1 saturated heterocycles. The Kier molecular flexibility index (Phi) is 2.44. The van der Waals surface area contributed by atoms with Gasteiger partial charge in [0.15, 0.2) is 0 Å². The summed E-state index contributed by atoms with van der Waals surface area (Å²) in [5, 5.41) is 4.06. The lowest BCUT2D eigenvalue weighted by atomic mass is 10.2. The van der Waals surface area contributed by atoms with Crippen molar-refractivity contribution in [2.24, 2.45) is 0 Å². The van der Waals surface area contributed by atoms with Crippen molar-refractivity contribution in [2.45, 2.75) is 19.2 Å². The number of hydrogen-bond donors (Lipinski definition) is 1. The van der Waals surface area contributed by atoms with E-state index in [1.165, 1.54) is 21.1 Å². The van der Waals surface area contributed by atoms with E-state index in [0.717, 1.165) is 6.54 Å². The van der Waals surface area contributed by atoms with Crippen LogP contribution in [0.25, 0.3) is 0 Å². The maximum absolute atomic E-state index is 3.50. The molecule has 0 aliphatic carbocycles. The minimum Gasteiger partial charge on any atom is -0.301 e. The molecule has 0 radical (unpaired) electrons. The highest BCUT2D eigenvalue weighted by molar-refractivity contribution is 7.99. The number of thiophene rings is 1. The predicted octanol–water partition coefficient (Wildman–Crippen LogP) is 2.70. The van der Waals surface area contributed by atoms with Crippen LogP contribution < -0.4 is 5.32 Å². The second-order valence-corrected chi connectivity index (χ2v) is 5.75. The zero-order valence-corrected chi connectivity index (χ0v) is 9.02. The van der Waals surface area contributed by atoms with E-state index in [2.05, 4.69) is 25.2 Å².